The molecule has 7 heteroatoms. The quantitative estimate of drug-likeness (QED) is 0.301. The highest BCUT2D eigenvalue weighted by Gasteiger charge is 2.12. The van der Waals surface area contributed by atoms with Gasteiger partial charge in [-0.25, -0.2) is 4.98 Å². The molecule has 0 saturated carbocycles. The molecular weight excluding hydrogens is 445 g/mol. The Morgan fingerprint density at radius 3 is 2.34 bits per heavy atom. The molecule has 1 aromatic heterocycles. The Balaban J connectivity index is 1.37. The van der Waals surface area contributed by atoms with Crippen LogP contribution in [-0.4, -0.2) is 22.1 Å². The molecule has 4 rings (SSSR count). The van der Waals surface area contributed by atoms with Crippen molar-refractivity contribution in [2.75, 3.05) is 6.61 Å². The number of aromatic nitrogens is 2. The summed E-state index contributed by atoms with van der Waals surface area (Å²) in [6, 6.07) is 22.2. The van der Waals surface area contributed by atoms with Crippen LogP contribution in [0.25, 0.3) is 11.0 Å². The fourth-order valence-electron chi connectivity index (χ4n) is 3.47. The minimum atomic E-state index is -0.156. The van der Waals surface area contributed by atoms with E-state index >= 15 is 0 Å². The summed E-state index contributed by atoms with van der Waals surface area (Å²) in [4.78, 5) is 17.2. The van der Waals surface area contributed by atoms with Gasteiger partial charge in [0.05, 0.1) is 24.2 Å². The average Bonchev–Trinajstić information content (AvgIpc) is 3.16. The van der Waals surface area contributed by atoms with Gasteiger partial charge in [0.2, 0.25) is 0 Å². The summed E-state index contributed by atoms with van der Waals surface area (Å²) < 4.78 is 7.95. The minimum Gasteiger partial charge on any atom is -0.494 e. The van der Waals surface area contributed by atoms with Crippen molar-refractivity contribution in [1.29, 1.82) is 0 Å². The van der Waals surface area contributed by atoms with Gasteiger partial charge in [0.1, 0.15) is 11.6 Å². The molecule has 0 aliphatic rings. The number of unbranched alkanes of at least 4 members (excludes halogenated alkanes) is 1. The Bertz CT molecular complexity index is 1190. The third kappa shape index (κ3) is 5.61. The first-order chi connectivity index (χ1) is 15.6. The molecule has 0 aliphatic carbocycles. The van der Waals surface area contributed by atoms with E-state index in [1.165, 1.54) is 0 Å². The maximum Gasteiger partial charge on any atom is 0.251 e. The van der Waals surface area contributed by atoms with E-state index in [1.807, 2.05) is 42.5 Å². The Morgan fingerprint density at radius 1 is 0.906 bits per heavy atom. The number of rotatable bonds is 9. The molecule has 0 radical (unpaired) electrons. The monoisotopic (exact) mass is 467 g/mol. The highest BCUT2D eigenvalue weighted by molar-refractivity contribution is 6.30. The van der Waals surface area contributed by atoms with E-state index in [-0.39, 0.29) is 5.91 Å². The average molecular weight is 468 g/mol. The number of benzene rings is 3. The fraction of sp³-hybridized carbons (Fsp3) is 0.200. The molecule has 0 fully saturated rings. The number of imidazole rings is 1. The number of halogens is 2. The number of carbonyl (C=O) groups excluding carboxylic acids is 1. The van der Waals surface area contributed by atoms with Crippen molar-refractivity contribution in [3.05, 3.63) is 94.2 Å². The third-order valence-corrected chi connectivity index (χ3v) is 5.61. The fourth-order valence-corrected chi connectivity index (χ4v) is 3.72. The topological polar surface area (TPSA) is 56.2 Å². The number of para-hydroxylation sites is 2. The van der Waals surface area contributed by atoms with Gasteiger partial charge in [-0.1, -0.05) is 35.3 Å². The van der Waals surface area contributed by atoms with E-state index < -0.39 is 0 Å². The zero-order valence-electron chi connectivity index (χ0n) is 17.4. The van der Waals surface area contributed by atoms with Gasteiger partial charge >= 0.3 is 0 Å². The largest absolute Gasteiger partial charge is 0.494 e. The second-order valence-electron chi connectivity index (χ2n) is 7.37. The second kappa shape index (κ2) is 10.5. The van der Waals surface area contributed by atoms with E-state index in [2.05, 4.69) is 16.0 Å². The number of fused-ring (bicyclic) bond motifs is 1. The van der Waals surface area contributed by atoms with Crippen LogP contribution < -0.4 is 10.1 Å². The van der Waals surface area contributed by atoms with Crippen molar-refractivity contribution < 1.29 is 9.53 Å². The molecule has 0 saturated heterocycles. The van der Waals surface area contributed by atoms with Crippen LogP contribution in [-0.2, 0) is 13.1 Å². The van der Waals surface area contributed by atoms with Gasteiger partial charge < -0.3 is 14.6 Å². The van der Waals surface area contributed by atoms with E-state index in [4.69, 9.17) is 32.9 Å². The lowest BCUT2D eigenvalue weighted by Gasteiger charge is -2.11. The van der Waals surface area contributed by atoms with Gasteiger partial charge in [0.15, 0.2) is 0 Å². The van der Waals surface area contributed by atoms with Gasteiger partial charge in [-0.2, -0.15) is 0 Å². The van der Waals surface area contributed by atoms with Crippen LogP contribution in [0.4, 0.5) is 0 Å². The normalized spacial score (nSPS) is 10.9. The van der Waals surface area contributed by atoms with Gasteiger partial charge in [-0.3, -0.25) is 4.79 Å². The molecule has 4 aromatic rings. The van der Waals surface area contributed by atoms with Crippen molar-refractivity contribution in [2.24, 2.45) is 0 Å². The first-order valence-corrected chi connectivity index (χ1v) is 11.2. The standard InChI is InChI=1S/C25H23Cl2N3O2/c26-19-9-7-18(8-10-19)25(31)28-17-24-29-22-5-1-2-6-23(22)30(24)15-3-4-16-32-21-13-11-20(27)12-14-21/h1-2,5-14H,3-4,15-17H2,(H,28,31). The van der Waals surface area contributed by atoms with E-state index in [0.717, 1.165) is 42.0 Å². The summed E-state index contributed by atoms with van der Waals surface area (Å²) >= 11 is 11.8. The van der Waals surface area contributed by atoms with Gasteiger partial charge in [-0.05, 0) is 73.5 Å². The number of ether oxygens (including phenoxy) is 1. The molecule has 3 aromatic carbocycles. The number of nitrogens with one attached hydrogen (secondary N) is 1. The van der Waals surface area contributed by atoms with E-state index in [1.54, 1.807) is 24.3 Å². The maximum atomic E-state index is 12.5. The lowest BCUT2D eigenvalue weighted by atomic mass is 10.2. The predicted molar refractivity (Wildman–Crippen MR) is 129 cm³/mol. The molecule has 0 aliphatic heterocycles. The second-order valence-corrected chi connectivity index (χ2v) is 8.24. The van der Waals surface area contributed by atoms with Crippen molar-refractivity contribution in [1.82, 2.24) is 14.9 Å². The molecule has 1 N–H and O–H groups in total. The van der Waals surface area contributed by atoms with Gasteiger partial charge in [0.25, 0.3) is 5.91 Å². The Kier molecular flexibility index (Phi) is 7.30. The number of aryl methyl sites for hydroxylation is 1. The lowest BCUT2D eigenvalue weighted by molar-refractivity contribution is 0.0949. The van der Waals surface area contributed by atoms with Crippen LogP contribution in [0.5, 0.6) is 5.75 Å². The van der Waals surface area contributed by atoms with Crippen LogP contribution in [0.2, 0.25) is 10.0 Å². The van der Waals surface area contributed by atoms with Crippen LogP contribution in [0.15, 0.2) is 72.8 Å². The molecular formula is C25H23Cl2N3O2. The highest BCUT2D eigenvalue weighted by Crippen LogP contribution is 2.19. The van der Waals surface area contributed by atoms with Crippen LogP contribution in [0.1, 0.15) is 29.0 Å². The summed E-state index contributed by atoms with van der Waals surface area (Å²) in [5, 5.41) is 4.26. The molecule has 1 heterocycles. The molecule has 0 spiro atoms. The van der Waals surface area contributed by atoms with Crippen LogP contribution in [0.3, 0.4) is 0 Å². The SMILES string of the molecule is O=C(NCc1nc2ccccc2n1CCCCOc1ccc(Cl)cc1)c1ccc(Cl)cc1. The molecule has 0 unspecified atom stereocenters. The highest BCUT2D eigenvalue weighted by atomic mass is 35.5. The van der Waals surface area contributed by atoms with Crippen molar-refractivity contribution in [3.8, 4) is 5.75 Å². The lowest BCUT2D eigenvalue weighted by Crippen LogP contribution is -2.24. The Hall–Kier alpha value is -3.02. The summed E-state index contributed by atoms with van der Waals surface area (Å²) in [5.74, 6) is 1.48. The van der Waals surface area contributed by atoms with Crippen LogP contribution in [0, 0.1) is 0 Å². The zero-order valence-corrected chi connectivity index (χ0v) is 18.9. The Labute approximate surface area is 196 Å². The summed E-state index contributed by atoms with van der Waals surface area (Å²) in [6.45, 7) is 1.75. The molecule has 164 valence electrons. The summed E-state index contributed by atoms with van der Waals surface area (Å²) in [7, 11) is 0. The van der Waals surface area contributed by atoms with Crippen LogP contribution >= 0.6 is 23.2 Å². The predicted octanol–water partition coefficient (Wildman–Crippen LogP) is 6.13. The Morgan fingerprint density at radius 2 is 1.59 bits per heavy atom. The van der Waals surface area contributed by atoms with Crippen molar-refractivity contribution >= 4 is 40.1 Å². The first kappa shape index (κ1) is 22.2. The molecule has 32 heavy (non-hydrogen) atoms. The van der Waals surface area contributed by atoms with Crippen molar-refractivity contribution in [2.45, 2.75) is 25.9 Å². The van der Waals surface area contributed by atoms with E-state index in [9.17, 15) is 4.79 Å². The number of carbonyl (C=O) groups is 1. The van der Waals surface area contributed by atoms with Gasteiger partial charge in [0, 0.05) is 22.2 Å². The number of amides is 1. The summed E-state index contributed by atoms with van der Waals surface area (Å²) in [6.07, 6.45) is 1.82. The van der Waals surface area contributed by atoms with Crippen molar-refractivity contribution in [3.63, 3.8) is 0 Å². The first-order valence-electron chi connectivity index (χ1n) is 10.5. The smallest absolute Gasteiger partial charge is 0.251 e. The van der Waals surface area contributed by atoms with Gasteiger partial charge in [-0.15, -0.1) is 0 Å². The number of nitrogens with zero attached hydrogens (tertiary/aromatic N) is 2. The molecule has 0 bridgehead atoms. The minimum absolute atomic E-state index is 0.156. The molecule has 0 atom stereocenters. The third-order valence-electron chi connectivity index (χ3n) is 5.11. The van der Waals surface area contributed by atoms with E-state index in [0.29, 0.717) is 28.8 Å². The zero-order chi connectivity index (χ0) is 22.3. The number of hydrogen-bond donors (Lipinski definition) is 1. The molecule has 5 nitrogen and oxygen atoms in total. The summed E-state index contributed by atoms with van der Waals surface area (Å²) in [5.41, 5.74) is 2.54. The maximum absolute atomic E-state index is 12.5. The molecule has 1 amide bonds. The number of hydrogen-bond acceptors (Lipinski definition) is 3.